The molecule has 0 saturated heterocycles. The number of nitrogens with two attached hydrogens (primary N) is 1. The average molecular weight is 230 g/mol. The number of hydrogen-bond donors (Lipinski definition) is 3. The van der Waals surface area contributed by atoms with Crippen LogP contribution in [0, 0.1) is 5.92 Å². The quantitative estimate of drug-likeness (QED) is 0.565. The number of primary amides is 1. The number of carbonyl (C=O) groups is 3. The molecule has 16 heavy (non-hydrogen) atoms. The molecule has 2 amide bonds. The molecule has 6 nitrogen and oxygen atoms in total. The second kappa shape index (κ2) is 6.81. The van der Waals surface area contributed by atoms with Gasteiger partial charge in [-0.2, -0.15) is 0 Å². The lowest BCUT2D eigenvalue weighted by molar-refractivity contribution is -0.143. The van der Waals surface area contributed by atoms with E-state index < -0.39 is 17.9 Å². The molecule has 0 bridgehead atoms. The molecule has 4 N–H and O–H groups in total. The second-order valence-corrected chi connectivity index (χ2v) is 3.85. The summed E-state index contributed by atoms with van der Waals surface area (Å²) in [7, 11) is 0. The molecule has 0 aromatic carbocycles. The minimum absolute atomic E-state index is 0.183. The molecular formula is C10H18N2O4. The summed E-state index contributed by atoms with van der Waals surface area (Å²) in [6.45, 7) is 3.83. The normalized spacial score (nSPS) is 13.9. The highest BCUT2D eigenvalue weighted by Crippen LogP contribution is 2.06. The Labute approximate surface area is 94.2 Å². The lowest BCUT2D eigenvalue weighted by atomic mass is 10.0. The van der Waals surface area contributed by atoms with E-state index in [1.165, 1.54) is 0 Å². The van der Waals surface area contributed by atoms with Gasteiger partial charge in [-0.25, -0.2) is 4.79 Å². The van der Waals surface area contributed by atoms with Gasteiger partial charge in [0.15, 0.2) is 0 Å². The van der Waals surface area contributed by atoms with Crippen LogP contribution in [-0.2, 0) is 14.4 Å². The Bertz CT molecular complexity index is 278. The topological polar surface area (TPSA) is 109 Å². The summed E-state index contributed by atoms with van der Waals surface area (Å²) < 4.78 is 0. The summed E-state index contributed by atoms with van der Waals surface area (Å²) in [5.74, 6) is -2.20. The van der Waals surface area contributed by atoms with Crippen molar-refractivity contribution in [1.29, 1.82) is 0 Å². The Morgan fingerprint density at radius 1 is 1.31 bits per heavy atom. The van der Waals surface area contributed by atoms with Crippen LogP contribution in [0.25, 0.3) is 0 Å². The van der Waals surface area contributed by atoms with Crippen molar-refractivity contribution in [2.75, 3.05) is 0 Å². The summed E-state index contributed by atoms with van der Waals surface area (Å²) in [6.07, 6.45) is 0.696. The van der Waals surface area contributed by atoms with Crippen molar-refractivity contribution >= 4 is 17.8 Å². The molecule has 92 valence electrons. The predicted molar refractivity (Wildman–Crippen MR) is 57.4 cm³/mol. The van der Waals surface area contributed by atoms with Crippen molar-refractivity contribution in [3.8, 4) is 0 Å². The Balaban J connectivity index is 4.24. The van der Waals surface area contributed by atoms with Crippen LogP contribution in [0.5, 0.6) is 0 Å². The fraction of sp³-hybridized carbons (Fsp3) is 0.700. The predicted octanol–water partition coefficient (Wildman–Crippen LogP) is -0.133. The fourth-order valence-corrected chi connectivity index (χ4v) is 1.12. The van der Waals surface area contributed by atoms with Gasteiger partial charge < -0.3 is 16.2 Å². The van der Waals surface area contributed by atoms with Crippen molar-refractivity contribution in [2.24, 2.45) is 11.7 Å². The molecule has 0 rings (SSSR count). The smallest absolute Gasteiger partial charge is 0.326 e. The zero-order valence-corrected chi connectivity index (χ0v) is 9.53. The maximum absolute atomic E-state index is 11.4. The molecule has 0 saturated carbocycles. The Hall–Kier alpha value is -1.59. The second-order valence-electron chi connectivity index (χ2n) is 3.85. The monoisotopic (exact) mass is 230 g/mol. The first kappa shape index (κ1) is 14.4. The zero-order valence-electron chi connectivity index (χ0n) is 9.53. The van der Waals surface area contributed by atoms with Crippen LogP contribution in [0.2, 0.25) is 0 Å². The molecule has 2 unspecified atom stereocenters. The van der Waals surface area contributed by atoms with Crippen molar-refractivity contribution in [1.82, 2.24) is 5.32 Å². The first-order valence-corrected chi connectivity index (χ1v) is 5.17. The van der Waals surface area contributed by atoms with E-state index in [9.17, 15) is 14.4 Å². The molecule has 0 heterocycles. The van der Waals surface area contributed by atoms with E-state index in [1.807, 2.05) is 13.8 Å². The number of carboxylic acid groups (broad SMARTS) is 1. The van der Waals surface area contributed by atoms with Gasteiger partial charge in [0.2, 0.25) is 11.8 Å². The first-order chi connectivity index (χ1) is 7.36. The van der Waals surface area contributed by atoms with Gasteiger partial charge in [-0.15, -0.1) is 0 Å². The average Bonchev–Trinajstić information content (AvgIpc) is 2.15. The molecule has 0 aromatic heterocycles. The fourth-order valence-electron chi connectivity index (χ4n) is 1.12. The standard InChI is InChI=1S/C10H18N2O4/c1-3-6(2)4-9(14)12-7(10(15)16)5-8(11)13/h6-7H,3-5H2,1-2H3,(H2,11,13)(H,12,14)(H,15,16). The van der Waals surface area contributed by atoms with Gasteiger partial charge in [0.05, 0.1) is 6.42 Å². The Morgan fingerprint density at radius 3 is 2.25 bits per heavy atom. The van der Waals surface area contributed by atoms with Crippen LogP contribution in [0.1, 0.15) is 33.1 Å². The third-order valence-electron chi connectivity index (χ3n) is 2.27. The molecule has 0 fully saturated rings. The van der Waals surface area contributed by atoms with E-state index in [2.05, 4.69) is 5.32 Å². The molecule has 0 radical (unpaired) electrons. The summed E-state index contributed by atoms with van der Waals surface area (Å²) in [6, 6.07) is -1.23. The maximum Gasteiger partial charge on any atom is 0.326 e. The van der Waals surface area contributed by atoms with Crippen molar-refractivity contribution in [3.63, 3.8) is 0 Å². The highest BCUT2D eigenvalue weighted by molar-refractivity contribution is 5.88. The number of carboxylic acids is 1. The highest BCUT2D eigenvalue weighted by atomic mass is 16.4. The third kappa shape index (κ3) is 6.00. The van der Waals surface area contributed by atoms with Gasteiger partial charge in [-0.1, -0.05) is 20.3 Å². The van der Waals surface area contributed by atoms with Crippen LogP contribution in [0.4, 0.5) is 0 Å². The highest BCUT2D eigenvalue weighted by Gasteiger charge is 2.22. The molecule has 0 aliphatic carbocycles. The number of carbonyl (C=O) groups excluding carboxylic acids is 2. The van der Waals surface area contributed by atoms with E-state index >= 15 is 0 Å². The number of hydrogen-bond acceptors (Lipinski definition) is 3. The van der Waals surface area contributed by atoms with Crippen LogP contribution in [-0.4, -0.2) is 28.9 Å². The third-order valence-corrected chi connectivity index (χ3v) is 2.27. The number of nitrogens with one attached hydrogen (secondary N) is 1. The molecule has 0 aromatic rings. The Kier molecular flexibility index (Phi) is 6.14. The van der Waals surface area contributed by atoms with Gasteiger partial charge >= 0.3 is 5.97 Å². The van der Waals surface area contributed by atoms with E-state index in [-0.39, 0.29) is 24.7 Å². The lowest BCUT2D eigenvalue weighted by Gasteiger charge is -2.14. The summed E-state index contributed by atoms with van der Waals surface area (Å²) in [5, 5.41) is 11.0. The van der Waals surface area contributed by atoms with E-state index in [0.29, 0.717) is 0 Å². The summed E-state index contributed by atoms with van der Waals surface area (Å²) in [4.78, 5) is 32.7. The number of aliphatic carboxylic acids is 1. The van der Waals surface area contributed by atoms with Crippen LogP contribution < -0.4 is 11.1 Å². The van der Waals surface area contributed by atoms with Crippen molar-refractivity contribution in [2.45, 2.75) is 39.2 Å². The molecule has 0 aliphatic rings. The lowest BCUT2D eigenvalue weighted by Crippen LogP contribution is -2.43. The van der Waals surface area contributed by atoms with E-state index in [0.717, 1.165) is 6.42 Å². The van der Waals surface area contributed by atoms with Gasteiger partial charge in [-0.3, -0.25) is 9.59 Å². The van der Waals surface area contributed by atoms with Gasteiger partial charge in [0.1, 0.15) is 6.04 Å². The van der Waals surface area contributed by atoms with Crippen LogP contribution in [0.15, 0.2) is 0 Å². The minimum atomic E-state index is -1.25. The maximum atomic E-state index is 11.4. The van der Waals surface area contributed by atoms with E-state index in [1.54, 1.807) is 0 Å². The number of rotatable bonds is 7. The largest absolute Gasteiger partial charge is 0.480 e. The Morgan fingerprint density at radius 2 is 1.88 bits per heavy atom. The van der Waals surface area contributed by atoms with Gasteiger partial charge in [0.25, 0.3) is 0 Å². The molecule has 6 heteroatoms. The van der Waals surface area contributed by atoms with E-state index in [4.69, 9.17) is 10.8 Å². The summed E-state index contributed by atoms with van der Waals surface area (Å²) in [5.41, 5.74) is 4.88. The molecule has 2 atom stereocenters. The number of amides is 2. The van der Waals surface area contributed by atoms with Gasteiger partial charge in [-0.05, 0) is 5.92 Å². The zero-order chi connectivity index (χ0) is 12.7. The van der Waals surface area contributed by atoms with Gasteiger partial charge in [0, 0.05) is 6.42 Å². The molecule has 0 spiro atoms. The first-order valence-electron chi connectivity index (χ1n) is 5.17. The molecular weight excluding hydrogens is 212 g/mol. The molecule has 0 aliphatic heterocycles. The SMILES string of the molecule is CCC(C)CC(=O)NC(CC(N)=O)C(=O)O. The van der Waals surface area contributed by atoms with Crippen LogP contribution >= 0.6 is 0 Å². The van der Waals surface area contributed by atoms with Crippen molar-refractivity contribution < 1.29 is 19.5 Å². The van der Waals surface area contributed by atoms with Crippen LogP contribution in [0.3, 0.4) is 0 Å². The van der Waals surface area contributed by atoms with Crippen molar-refractivity contribution in [3.05, 3.63) is 0 Å². The minimum Gasteiger partial charge on any atom is -0.480 e. The summed E-state index contributed by atoms with van der Waals surface area (Å²) >= 11 is 0.